The van der Waals surface area contributed by atoms with Crippen molar-refractivity contribution in [1.29, 1.82) is 0 Å². The lowest BCUT2D eigenvalue weighted by molar-refractivity contribution is -0.116. The Bertz CT molecular complexity index is 568. The van der Waals surface area contributed by atoms with Crippen LogP contribution in [0, 0.1) is 20.8 Å². The van der Waals surface area contributed by atoms with Crippen LogP contribution in [-0.4, -0.2) is 11.1 Å². The second kappa shape index (κ2) is 5.69. The molecule has 0 aliphatic carbocycles. The number of aryl methyl sites for hydroxylation is 3. The van der Waals surface area contributed by atoms with Crippen LogP contribution in [0.1, 0.15) is 29.0 Å². The van der Waals surface area contributed by atoms with E-state index in [0.29, 0.717) is 12.8 Å². The van der Waals surface area contributed by atoms with Gasteiger partial charge in [0.25, 0.3) is 0 Å². The van der Waals surface area contributed by atoms with Crippen LogP contribution < -0.4 is 5.32 Å². The predicted molar refractivity (Wildman–Crippen MR) is 74.1 cm³/mol. The van der Waals surface area contributed by atoms with Gasteiger partial charge in [-0.05, 0) is 44.9 Å². The molecule has 2 aromatic rings. The summed E-state index contributed by atoms with van der Waals surface area (Å²) in [6, 6.07) is 7.77. The number of nitrogens with one attached hydrogen (secondary N) is 1. The SMILES string of the molecule is Cc1cccc(NC(=O)CCc2c(C)noc2C)c1. The van der Waals surface area contributed by atoms with Crippen LogP contribution in [0.3, 0.4) is 0 Å². The Kier molecular flexibility index (Phi) is 4.00. The van der Waals surface area contributed by atoms with Crippen molar-refractivity contribution in [2.24, 2.45) is 0 Å². The summed E-state index contributed by atoms with van der Waals surface area (Å²) < 4.78 is 5.08. The quantitative estimate of drug-likeness (QED) is 0.916. The van der Waals surface area contributed by atoms with Crippen LogP contribution in [-0.2, 0) is 11.2 Å². The Balaban J connectivity index is 1.92. The molecular weight excluding hydrogens is 240 g/mol. The molecule has 0 saturated heterocycles. The highest BCUT2D eigenvalue weighted by Gasteiger charge is 2.11. The lowest BCUT2D eigenvalue weighted by Crippen LogP contribution is -2.12. The van der Waals surface area contributed by atoms with Crippen molar-refractivity contribution < 1.29 is 9.32 Å². The summed E-state index contributed by atoms with van der Waals surface area (Å²) in [5.74, 6) is 0.798. The van der Waals surface area contributed by atoms with E-state index in [0.717, 1.165) is 28.3 Å². The molecule has 0 saturated carbocycles. The van der Waals surface area contributed by atoms with Crippen molar-refractivity contribution in [2.45, 2.75) is 33.6 Å². The summed E-state index contributed by atoms with van der Waals surface area (Å²) in [5.41, 5.74) is 3.85. The molecular formula is C15H18N2O2. The molecule has 0 aliphatic rings. The number of hydrogen-bond acceptors (Lipinski definition) is 3. The molecule has 0 bridgehead atoms. The van der Waals surface area contributed by atoms with Crippen LogP contribution in [0.15, 0.2) is 28.8 Å². The van der Waals surface area contributed by atoms with E-state index >= 15 is 0 Å². The first-order chi connectivity index (χ1) is 9.06. The van der Waals surface area contributed by atoms with Crippen LogP contribution in [0.5, 0.6) is 0 Å². The van der Waals surface area contributed by atoms with Gasteiger partial charge in [0, 0.05) is 17.7 Å². The van der Waals surface area contributed by atoms with Crippen LogP contribution in [0.4, 0.5) is 5.69 Å². The van der Waals surface area contributed by atoms with E-state index in [2.05, 4.69) is 10.5 Å². The highest BCUT2D eigenvalue weighted by molar-refractivity contribution is 5.90. The van der Waals surface area contributed by atoms with Gasteiger partial charge in [-0.25, -0.2) is 0 Å². The van der Waals surface area contributed by atoms with Crippen molar-refractivity contribution in [3.05, 3.63) is 46.8 Å². The number of carbonyl (C=O) groups excluding carboxylic acids is 1. The summed E-state index contributed by atoms with van der Waals surface area (Å²) in [7, 11) is 0. The predicted octanol–water partition coefficient (Wildman–Crippen LogP) is 3.17. The minimum absolute atomic E-state index is 0.00519. The minimum Gasteiger partial charge on any atom is -0.361 e. The Hall–Kier alpha value is -2.10. The summed E-state index contributed by atoms with van der Waals surface area (Å²) in [4.78, 5) is 11.9. The monoisotopic (exact) mass is 258 g/mol. The maximum atomic E-state index is 11.9. The molecule has 1 aromatic heterocycles. The van der Waals surface area contributed by atoms with E-state index in [9.17, 15) is 4.79 Å². The highest BCUT2D eigenvalue weighted by atomic mass is 16.5. The van der Waals surface area contributed by atoms with Gasteiger partial charge in [0.1, 0.15) is 5.76 Å². The van der Waals surface area contributed by atoms with E-state index < -0.39 is 0 Å². The van der Waals surface area contributed by atoms with Gasteiger partial charge in [-0.15, -0.1) is 0 Å². The summed E-state index contributed by atoms with van der Waals surface area (Å²) in [6.45, 7) is 5.76. The normalized spacial score (nSPS) is 10.5. The molecule has 1 amide bonds. The van der Waals surface area contributed by atoms with Crippen molar-refractivity contribution in [1.82, 2.24) is 5.16 Å². The summed E-state index contributed by atoms with van der Waals surface area (Å²) >= 11 is 0. The molecule has 100 valence electrons. The number of anilines is 1. The molecule has 1 heterocycles. The second-order valence-corrected chi connectivity index (χ2v) is 4.72. The molecule has 0 spiro atoms. The third-order valence-corrected chi connectivity index (χ3v) is 3.09. The van der Waals surface area contributed by atoms with Crippen LogP contribution in [0.25, 0.3) is 0 Å². The first-order valence-electron chi connectivity index (χ1n) is 6.34. The average Bonchev–Trinajstić information content (AvgIpc) is 2.67. The average molecular weight is 258 g/mol. The third-order valence-electron chi connectivity index (χ3n) is 3.09. The van der Waals surface area contributed by atoms with E-state index in [1.807, 2.05) is 45.0 Å². The van der Waals surface area contributed by atoms with Gasteiger partial charge < -0.3 is 9.84 Å². The molecule has 0 fully saturated rings. The standard InChI is InChI=1S/C15H18N2O2/c1-10-5-4-6-13(9-10)16-15(18)8-7-14-11(2)17-19-12(14)3/h4-6,9H,7-8H2,1-3H3,(H,16,18). The zero-order valence-electron chi connectivity index (χ0n) is 11.5. The molecule has 0 unspecified atom stereocenters. The molecule has 4 nitrogen and oxygen atoms in total. The van der Waals surface area contributed by atoms with Crippen molar-refractivity contribution in [2.75, 3.05) is 5.32 Å². The van der Waals surface area contributed by atoms with E-state index in [1.165, 1.54) is 0 Å². The fourth-order valence-electron chi connectivity index (χ4n) is 2.04. The maximum Gasteiger partial charge on any atom is 0.224 e. The number of nitrogens with zero attached hydrogens (tertiary/aromatic N) is 1. The lowest BCUT2D eigenvalue weighted by Gasteiger charge is -2.05. The van der Waals surface area contributed by atoms with Crippen molar-refractivity contribution in [3.63, 3.8) is 0 Å². The van der Waals surface area contributed by atoms with Gasteiger partial charge >= 0.3 is 0 Å². The Morgan fingerprint density at radius 2 is 2.11 bits per heavy atom. The number of hydrogen-bond donors (Lipinski definition) is 1. The number of amides is 1. The van der Waals surface area contributed by atoms with Gasteiger partial charge in [-0.3, -0.25) is 4.79 Å². The number of benzene rings is 1. The number of carbonyl (C=O) groups is 1. The first kappa shape index (κ1) is 13.3. The Labute approximate surface area is 112 Å². The topological polar surface area (TPSA) is 55.1 Å². The van der Waals surface area contributed by atoms with E-state index in [-0.39, 0.29) is 5.91 Å². The summed E-state index contributed by atoms with van der Waals surface area (Å²) in [6.07, 6.45) is 1.08. The second-order valence-electron chi connectivity index (χ2n) is 4.72. The number of rotatable bonds is 4. The molecule has 2 rings (SSSR count). The minimum atomic E-state index is 0.00519. The maximum absolute atomic E-state index is 11.9. The molecule has 1 N–H and O–H groups in total. The third kappa shape index (κ3) is 3.44. The van der Waals surface area contributed by atoms with Crippen LogP contribution in [0.2, 0.25) is 0 Å². The van der Waals surface area contributed by atoms with E-state index in [4.69, 9.17) is 4.52 Å². The molecule has 0 aliphatic heterocycles. The largest absolute Gasteiger partial charge is 0.361 e. The first-order valence-corrected chi connectivity index (χ1v) is 6.34. The van der Waals surface area contributed by atoms with E-state index in [1.54, 1.807) is 0 Å². The van der Waals surface area contributed by atoms with Gasteiger partial charge in [-0.1, -0.05) is 17.3 Å². The zero-order valence-corrected chi connectivity index (χ0v) is 11.5. The fourth-order valence-corrected chi connectivity index (χ4v) is 2.04. The Morgan fingerprint density at radius 3 is 2.74 bits per heavy atom. The number of aromatic nitrogens is 1. The highest BCUT2D eigenvalue weighted by Crippen LogP contribution is 2.15. The van der Waals surface area contributed by atoms with Crippen molar-refractivity contribution >= 4 is 11.6 Å². The molecule has 19 heavy (non-hydrogen) atoms. The van der Waals surface area contributed by atoms with Crippen molar-refractivity contribution in [3.8, 4) is 0 Å². The molecule has 0 atom stereocenters. The van der Waals surface area contributed by atoms with Gasteiger partial charge in [-0.2, -0.15) is 0 Å². The lowest BCUT2D eigenvalue weighted by atomic mass is 10.1. The smallest absolute Gasteiger partial charge is 0.224 e. The van der Waals surface area contributed by atoms with Gasteiger partial charge in [0.05, 0.1) is 5.69 Å². The zero-order chi connectivity index (χ0) is 13.8. The Morgan fingerprint density at radius 1 is 1.32 bits per heavy atom. The molecule has 1 aromatic carbocycles. The molecule has 4 heteroatoms. The fraction of sp³-hybridized carbons (Fsp3) is 0.333. The summed E-state index contributed by atoms with van der Waals surface area (Å²) in [5, 5.41) is 6.78. The van der Waals surface area contributed by atoms with Crippen LogP contribution >= 0.6 is 0 Å². The van der Waals surface area contributed by atoms with Gasteiger partial charge in [0.2, 0.25) is 5.91 Å². The molecule has 0 radical (unpaired) electrons. The van der Waals surface area contributed by atoms with Gasteiger partial charge in [0.15, 0.2) is 0 Å².